The molecule has 19 heavy (non-hydrogen) atoms. The van der Waals surface area contributed by atoms with Gasteiger partial charge in [-0.15, -0.1) is 0 Å². The van der Waals surface area contributed by atoms with Crippen LogP contribution in [0.3, 0.4) is 0 Å². The van der Waals surface area contributed by atoms with E-state index in [4.69, 9.17) is 4.42 Å². The van der Waals surface area contributed by atoms with E-state index in [1.165, 1.54) is 19.4 Å². The third-order valence-electron chi connectivity index (χ3n) is 2.14. The molecule has 100 valence electrons. The topological polar surface area (TPSA) is 108 Å². The molecule has 2 rings (SSSR count). The first kappa shape index (κ1) is 13.0. The number of anilines is 1. The fourth-order valence-electron chi connectivity index (χ4n) is 1.28. The summed E-state index contributed by atoms with van der Waals surface area (Å²) in [7, 11) is 1.26. The van der Waals surface area contributed by atoms with Crippen molar-refractivity contribution in [2.24, 2.45) is 0 Å². The zero-order valence-electron chi connectivity index (χ0n) is 9.78. The van der Waals surface area contributed by atoms with Crippen LogP contribution in [0.4, 0.5) is 10.1 Å². The van der Waals surface area contributed by atoms with E-state index < -0.39 is 10.9 Å². The molecule has 0 saturated carbocycles. The van der Waals surface area contributed by atoms with Gasteiger partial charge in [-0.25, -0.2) is 9.78 Å². The zero-order chi connectivity index (χ0) is 13.8. The van der Waals surface area contributed by atoms with E-state index in [9.17, 15) is 14.9 Å². The highest BCUT2D eigenvalue weighted by molar-refractivity contribution is 7.18. The molecule has 9 heteroatoms. The predicted molar refractivity (Wildman–Crippen MR) is 66.1 cm³/mol. The Kier molecular flexibility index (Phi) is 3.76. The molecule has 0 aliphatic carbocycles. The quantitative estimate of drug-likeness (QED) is 0.508. The van der Waals surface area contributed by atoms with Crippen molar-refractivity contribution in [3.05, 3.63) is 40.0 Å². The Labute approximate surface area is 111 Å². The lowest BCUT2D eigenvalue weighted by molar-refractivity contribution is -0.380. The monoisotopic (exact) mass is 283 g/mol. The van der Waals surface area contributed by atoms with Crippen LogP contribution in [0.5, 0.6) is 0 Å². The molecular weight excluding hydrogens is 274 g/mol. The summed E-state index contributed by atoms with van der Waals surface area (Å²) in [6.07, 6.45) is 1.18. The van der Waals surface area contributed by atoms with Crippen LogP contribution < -0.4 is 5.32 Å². The maximum Gasteiger partial charge on any atom is 0.373 e. The molecule has 0 fully saturated rings. The van der Waals surface area contributed by atoms with Crippen LogP contribution >= 0.6 is 11.3 Å². The number of nitrogens with one attached hydrogen (secondary N) is 1. The average Bonchev–Trinajstić information content (AvgIpc) is 3.04. The van der Waals surface area contributed by atoms with Crippen LogP contribution in [0.15, 0.2) is 22.7 Å². The minimum Gasteiger partial charge on any atom is -0.463 e. The third-order valence-corrected chi connectivity index (χ3v) is 3.04. The highest BCUT2D eigenvalue weighted by atomic mass is 32.1. The molecule has 0 aromatic carbocycles. The maximum atomic E-state index is 11.2. The van der Waals surface area contributed by atoms with E-state index >= 15 is 0 Å². The lowest BCUT2D eigenvalue weighted by Gasteiger charge is -1.98. The Morgan fingerprint density at radius 3 is 3.05 bits per heavy atom. The lowest BCUT2D eigenvalue weighted by atomic mass is 10.4. The number of ether oxygens (including phenoxy) is 1. The second-order valence-corrected chi connectivity index (χ2v) is 4.38. The number of nitro groups is 1. The number of aromatic nitrogens is 1. The van der Waals surface area contributed by atoms with Crippen molar-refractivity contribution in [3.63, 3.8) is 0 Å². The van der Waals surface area contributed by atoms with Crippen LogP contribution in [-0.4, -0.2) is 23.0 Å². The standard InChI is InChI=1S/C10H9N3O5S/c1-17-9(14)7-3-2-6(18-7)4-11-10-12-5-8(19-10)13(15)16/h2-3,5H,4H2,1H3,(H,11,12). The first-order valence-electron chi connectivity index (χ1n) is 5.11. The fourth-order valence-corrected chi connectivity index (χ4v) is 1.91. The van der Waals surface area contributed by atoms with Gasteiger partial charge >= 0.3 is 11.0 Å². The first-order valence-corrected chi connectivity index (χ1v) is 5.93. The molecular formula is C10H9N3O5S. The van der Waals surface area contributed by atoms with Crippen molar-refractivity contribution < 1.29 is 18.9 Å². The lowest BCUT2D eigenvalue weighted by Crippen LogP contribution is -1.99. The van der Waals surface area contributed by atoms with Gasteiger partial charge in [0.05, 0.1) is 18.6 Å². The molecule has 0 bridgehead atoms. The minimum atomic E-state index is -0.559. The van der Waals surface area contributed by atoms with Crippen molar-refractivity contribution >= 4 is 27.4 Å². The maximum absolute atomic E-state index is 11.2. The van der Waals surface area contributed by atoms with Gasteiger partial charge in [-0.05, 0) is 23.5 Å². The smallest absolute Gasteiger partial charge is 0.373 e. The number of methoxy groups -OCH3 is 1. The Bertz CT molecular complexity index is 606. The molecule has 0 atom stereocenters. The van der Waals surface area contributed by atoms with E-state index in [1.807, 2.05) is 0 Å². The van der Waals surface area contributed by atoms with Crippen LogP contribution in [0.2, 0.25) is 0 Å². The summed E-state index contributed by atoms with van der Waals surface area (Å²) in [6, 6.07) is 3.11. The van der Waals surface area contributed by atoms with Crippen molar-refractivity contribution in [1.82, 2.24) is 4.98 Å². The molecule has 0 radical (unpaired) electrons. The molecule has 0 amide bonds. The number of nitrogens with zero attached hydrogens (tertiary/aromatic N) is 2. The molecule has 0 unspecified atom stereocenters. The number of thiazole rings is 1. The molecule has 1 N–H and O–H groups in total. The van der Waals surface area contributed by atoms with Gasteiger partial charge < -0.3 is 14.5 Å². The molecule has 2 aromatic rings. The van der Waals surface area contributed by atoms with E-state index in [0.717, 1.165) is 11.3 Å². The second kappa shape index (κ2) is 5.48. The Balaban J connectivity index is 1.96. The van der Waals surface area contributed by atoms with Gasteiger partial charge in [-0.3, -0.25) is 10.1 Å². The van der Waals surface area contributed by atoms with Crippen LogP contribution in [-0.2, 0) is 11.3 Å². The van der Waals surface area contributed by atoms with E-state index in [-0.39, 0.29) is 17.3 Å². The summed E-state index contributed by atoms with van der Waals surface area (Å²) in [5.74, 6) is 0.0406. The average molecular weight is 283 g/mol. The molecule has 0 spiro atoms. The zero-order valence-corrected chi connectivity index (χ0v) is 10.6. The van der Waals surface area contributed by atoms with Gasteiger partial charge in [0, 0.05) is 0 Å². The van der Waals surface area contributed by atoms with Crippen molar-refractivity contribution in [3.8, 4) is 0 Å². The molecule has 0 aliphatic heterocycles. The van der Waals surface area contributed by atoms with Crippen LogP contribution in [0.25, 0.3) is 0 Å². The summed E-state index contributed by atoms with van der Waals surface area (Å²) >= 11 is 0.923. The molecule has 8 nitrogen and oxygen atoms in total. The summed E-state index contributed by atoms with van der Waals surface area (Å²) in [5.41, 5.74) is 0. The van der Waals surface area contributed by atoms with Crippen molar-refractivity contribution in [2.75, 3.05) is 12.4 Å². The predicted octanol–water partition coefficient (Wildman–Crippen LogP) is 2.04. The molecule has 0 saturated heterocycles. The van der Waals surface area contributed by atoms with Crippen molar-refractivity contribution in [1.29, 1.82) is 0 Å². The number of rotatable bonds is 5. The van der Waals surface area contributed by atoms with Gasteiger partial charge in [0.2, 0.25) is 5.76 Å². The molecule has 2 aromatic heterocycles. The SMILES string of the molecule is COC(=O)c1ccc(CNc2ncc([N+](=O)[O-])s2)o1. The number of carbonyl (C=O) groups is 1. The fraction of sp³-hybridized carbons (Fsp3) is 0.200. The minimum absolute atomic E-state index is 0.0443. The second-order valence-electron chi connectivity index (χ2n) is 3.37. The molecule has 2 heterocycles. The summed E-state index contributed by atoms with van der Waals surface area (Å²) in [4.78, 5) is 25.0. The number of furan rings is 1. The summed E-state index contributed by atoms with van der Waals surface area (Å²) < 4.78 is 9.72. The van der Waals surface area contributed by atoms with Gasteiger partial charge in [0.1, 0.15) is 12.0 Å². The number of hydrogen-bond acceptors (Lipinski definition) is 8. The summed E-state index contributed by atoms with van der Waals surface area (Å²) in [5, 5.41) is 13.7. The van der Waals surface area contributed by atoms with Crippen molar-refractivity contribution in [2.45, 2.75) is 6.54 Å². The van der Waals surface area contributed by atoms with E-state index in [0.29, 0.717) is 10.9 Å². The Morgan fingerprint density at radius 2 is 2.42 bits per heavy atom. The van der Waals surface area contributed by atoms with Gasteiger partial charge in [-0.2, -0.15) is 0 Å². The third kappa shape index (κ3) is 3.07. The highest BCUT2D eigenvalue weighted by Gasteiger charge is 2.13. The largest absolute Gasteiger partial charge is 0.463 e. The first-order chi connectivity index (χ1) is 9.10. The normalized spacial score (nSPS) is 10.2. The number of carbonyl (C=O) groups excluding carboxylic acids is 1. The molecule has 0 aliphatic rings. The number of esters is 1. The van der Waals surface area contributed by atoms with E-state index in [2.05, 4.69) is 15.0 Å². The van der Waals surface area contributed by atoms with Crippen LogP contribution in [0, 0.1) is 10.1 Å². The number of hydrogen-bond donors (Lipinski definition) is 1. The summed E-state index contributed by atoms with van der Waals surface area (Å²) in [6.45, 7) is 0.266. The van der Waals surface area contributed by atoms with Crippen LogP contribution in [0.1, 0.15) is 16.3 Å². The Morgan fingerprint density at radius 1 is 1.63 bits per heavy atom. The van der Waals surface area contributed by atoms with Gasteiger partial charge in [0.15, 0.2) is 5.13 Å². The van der Waals surface area contributed by atoms with Gasteiger partial charge in [-0.1, -0.05) is 0 Å². The van der Waals surface area contributed by atoms with Gasteiger partial charge in [0.25, 0.3) is 0 Å². The van der Waals surface area contributed by atoms with E-state index in [1.54, 1.807) is 6.07 Å². The highest BCUT2D eigenvalue weighted by Crippen LogP contribution is 2.25. The Hall–Kier alpha value is -2.42.